The molecule has 1 saturated carbocycles. The van der Waals surface area contributed by atoms with Crippen molar-refractivity contribution in [3.8, 4) is 22.6 Å². The number of Topliss-reactive ketones (excluding diaryl/α,β-unsaturated/α-hetero) is 1. The number of carbonyl (C=O) groups excluding carboxylic acids is 1. The summed E-state index contributed by atoms with van der Waals surface area (Å²) >= 11 is 0. The molecule has 1 aliphatic heterocycles. The van der Waals surface area contributed by atoms with Gasteiger partial charge in [0.2, 0.25) is 6.79 Å². The maximum atomic E-state index is 13.1. The summed E-state index contributed by atoms with van der Waals surface area (Å²) in [6.07, 6.45) is 3.31. The Morgan fingerprint density at radius 2 is 1.91 bits per heavy atom. The maximum Gasteiger partial charge on any atom is 0.335 e. The SMILES string of the molecule is Cc1ncc(NCC(=O)C2(c3ccc4c(c3)OCO4)CC2)cc1-c1cccc(C(=O)O)c1. The van der Waals surface area contributed by atoms with Gasteiger partial charge in [-0.15, -0.1) is 0 Å². The molecule has 0 radical (unpaired) electrons. The molecule has 2 aliphatic rings. The van der Waals surface area contributed by atoms with E-state index in [1.165, 1.54) is 0 Å². The van der Waals surface area contributed by atoms with Crippen LogP contribution < -0.4 is 14.8 Å². The number of aryl methyl sites for hydroxylation is 1. The molecule has 2 aromatic carbocycles. The molecule has 1 fully saturated rings. The summed E-state index contributed by atoms with van der Waals surface area (Å²) in [5, 5.41) is 12.5. The van der Waals surface area contributed by atoms with Gasteiger partial charge >= 0.3 is 5.97 Å². The lowest BCUT2D eigenvalue weighted by Gasteiger charge is -2.16. The largest absolute Gasteiger partial charge is 0.478 e. The summed E-state index contributed by atoms with van der Waals surface area (Å²) in [5.41, 5.74) is 3.78. The van der Waals surface area contributed by atoms with Crippen LogP contribution in [0.4, 0.5) is 5.69 Å². The number of carboxylic acid groups (broad SMARTS) is 1. The highest BCUT2D eigenvalue weighted by Gasteiger charge is 2.50. The molecule has 2 heterocycles. The van der Waals surface area contributed by atoms with E-state index in [0.717, 1.165) is 35.2 Å². The van der Waals surface area contributed by atoms with E-state index in [1.54, 1.807) is 24.4 Å². The fourth-order valence-electron chi connectivity index (χ4n) is 4.14. The lowest BCUT2D eigenvalue weighted by Crippen LogP contribution is -2.27. The van der Waals surface area contributed by atoms with Gasteiger partial charge in [0.1, 0.15) is 0 Å². The summed E-state index contributed by atoms with van der Waals surface area (Å²) in [5.74, 6) is 0.535. The third-order valence-electron chi connectivity index (χ3n) is 6.17. The molecule has 7 nitrogen and oxygen atoms in total. The lowest BCUT2D eigenvalue weighted by molar-refractivity contribution is -0.119. The van der Waals surface area contributed by atoms with Gasteiger partial charge in [-0.2, -0.15) is 0 Å². The standard InChI is InChI=1S/C25H22N2O5/c1-15-20(16-3-2-4-17(9-16)24(29)30)11-19(12-26-15)27-13-23(28)25(7-8-25)18-5-6-21-22(10-18)32-14-31-21/h2-6,9-12,27H,7-8,13-14H2,1H3,(H,29,30). The summed E-state index contributed by atoms with van der Waals surface area (Å²) < 4.78 is 10.8. The van der Waals surface area contributed by atoms with Gasteiger partial charge in [-0.3, -0.25) is 9.78 Å². The topological polar surface area (TPSA) is 97.8 Å². The van der Waals surface area contributed by atoms with E-state index in [1.807, 2.05) is 37.3 Å². The zero-order valence-corrected chi connectivity index (χ0v) is 17.6. The first-order valence-corrected chi connectivity index (χ1v) is 10.4. The van der Waals surface area contributed by atoms with Crippen molar-refractivity contribution >= 4 is 17.4 Å². The molecular weight excluding hydrogens is 408 g/mol. The minimum absolute atomic E-state index is 0.117. The maximum absolute atomic E-state index is 13.1. The van der Waals surface area contributed by atoms with Gasteiger partial charge in [0, 0.05) is 11.3 Å². The normalized spacial score (nSPS) is 15.3. The Balaban J connectivity index is 1.33. The summed E-state index contributed by atoms with van der Waals surface area (Å²) in [7, 11) is 0. The fraction of sp³-hybridized carbons (Fsp3) is 0.240. The molecule has 2 N–H and O–H groups in total. The van der Waals surface area contributed by atoms with Crippen molar-refractivity contribution in [1.82, 2.24) is 4.98 Å². The number of carbonyl (C=O) groups is 2. The molecule has 0 bridgehead atoms. The zero-order chi connectivity index (χ0) is 22.3. The number of pyridine rings is 1. The number of aromatic carboxylic acids is 1. The minimum atomic E-state index is -0.976. The highest BCUT2D eigenvalue weighted by Crippen LogP contribution is 2.51. The van der Waals surface area contributed by atoms with E-state index in [-0.39, 0.29) is 24.7 Å². The van der Waals surface area contributed by atoms with Crippen LogP contribution in [0, 0.1) is 6.92 Å². The number of hydrogen-bond acceptors (Lipinski definition) is 6. The zero-order valence-electron chi connectivity index (χ0n) is 17.6. The van der Waals surface area contributed by atoms with Gasteiger partial charge in [0.15, 0.2) is 17.3 Å². The van der Waals surface area contributed by atoms with Crippen molar-refractivity contribution in [3.63, 3.8) is 0 Å². The van der Waals surface area contributed by atoms with Crippen LogP contribution in [0.1, 0.15) is 34.5 Å². The van der Waals surface area contributed by atoms with E-state index in [2.05, 4.69) is 10.3 Å². The molecule has 0 saturated heterocycles. The molecule has 5 rings (SSSR count). The molecule has 0 unspecified atom stereocenters. The number of fused-ring (bicyclic) bond motifs is 1. The lowest BCUT2D eigenvalue weighted by atomic mass is 9.91. The summed E-state index contributed by atoms with van der Waals surface area (Å²) in [4.78, 5) is 28.9. The summed E-state index contributed by atoms with van der Waals surface area (Å²) in [6, 6.07) is 14.4. The van der Waals surface area contributed by atoms with Gasteiger partial charge in [-0.1, -0.05) is 18.2 Å². The highest BCUT2D eigenvalue weighted by molar-refractivity contribution is 5.96. The van der Waals surface area contributed by atoms with Crippen LogP contribution >= 0.6 is 0 Å². The van der Waals surface area contributed by atoms with Crippen LogP contribution in [-0.2, 0) is 10.2 Å². The Kier molecular flexibility index (Phi) is 4.81. The van der Waals surface area contributed by atoms with Crippen molar-refractivity contribution in [2.75, 3.05) is 18.7 Å². The molecule has 3 aromatic rings. The third-order valence-corrected chi connectivity index (χ3v) is 6.17. The molecule has 1 aromatic heterocycles. The number of aromatic nitrogens is 1. The Labute approximate surface area is 185 Å². The fourth-order valence-corrected chi connectivity index (χ4v) is 4.14. The number of benzene rings is 2. The number of anilines is 1. The van der Waals surface area contributed by atoms with Crippen molar-refractivity contribution in [2.45, 2.75) is 25.2 Å². The van der Waals surface area contributed by atoms with Gasteiger partial charge in [-0.25, -0.2) is 4.79 Å². The Bertz CT molecular complexity index is 1230. The first-order chi connectivity index (χ1) is 15.5. The second-order valence-corrected chi connectivity index (χ2v) is 8.17. The van der Waals surface area contributed by atoms with Crippen LogP contribution in [0.2, 0.25) is 0 Å². The average Bonchev–Trinajstić information content (AvgIpc) is 3.49. The van der Waals surface area contributed by atoms with E-state index < -0.39 is 11.4 Å². The van der Waals surface area contributed by atoms with Crippen LogP contribution in [-0.4, -0.2) is 35.2 Å². The average molecular weight is 430 g/mol. The second-order valence-electron chi connectivity index (χ2n) is 8.17. The van der Waals surface area contributed by atoms with Gasteiger partial charge in [0.25, 0.3) is 0 Å². The number of nitrogens with zero attached hydrogens (tertiary/aromatic N) is 1. The van der Waals surface area contributed by atoms with E-state index in [0.29, 0.717) is 17.2 Å². The van der Waals surface area contributed by atoms with Crippen molar-refractivity contribution in [2.24, 2.45) is 0 Å². The minimum Gasteiger partial charge on any atom is -0.478 e. The number of carboxylic acids is 1. The van der Waals surface area contributed by atoms with Gasteiger partial charge in [0.05, 0.1) is 29.4 Å². The number of hydrogen-bond donors (Lipinski definition) is 2. The highest BCUT2D eigenvalue weighted by atomic mass is 16.7. The molecule has 0 atom stereocenters. The van der Waals surface area contributed by atoms with E-state index in [9.17, 15) is 14.7 Å². The van der Waals surface area contributed by atoms with Crippen LogP contribution in [0.25, 0.3) is 11.1 Å². The first kappa shape index (κ1) is 20.1. The molecule has 162 valence electrons. The van der Waals surface area contributed by atoms with Gasteiger partial charge in [-0.05, 0) is 61.2 Å². The smallest absolute Gasteiger partial charge is 0.335 e. The predicted molar refractivity (Wildman–Crippen MR) is 118 cm³/mol. The molecule has 1 aliphatic carbocycles. The monoisotopic (exact) mass is 430 g/mol. The van der Waals surface area contributed by atoms with E-state index >= 15 is 0 Å². The van der Waals surface area contributed by atoms with Crippen LogP contribution in [0.3, 0.4) is 0 Å². The second kappa shape index (κ2) is 7.67. The van der Waals surface area contributed by atoms with Crippen molar-refractivity contribution < 1.29 is 24.2 Å². The van der Waals surface area contributed by atoms with Crippen molar-refractivity contribution in [1.29, 1.82) is 0 Å². The number of rotatable bonds is 7. The molecule has 32 heavy (non-hydrogen) atoms. The Hall–Kier alpha value is -3.87. The van der Waals surface area contributed by atoms with Gasteiger partial charge < -0.3 is 19.9 Å². The number of ether oxygens (including phenoxy) is 2. The number of ketones is 1. The summed E-state index contributed by atoms with van der Waals surface area (Å²) in [6.45, 7) is 2.25. The Morgan fingerprint density at radius 3 is 2.69 bits per heavy atom. The molecule has 0 spiro atoms. The molecular formula is C25H22N2O5. The molecule has 0 amide bonds. The number of nitrogens with one attached hydrogen (secondary N) is 1. The molecule has 7 heteroatoms. The quantitative estimate of drug-likeness (QED) is 0.580. The third kappa shape index (κ3) is 3.56. The predicted octanol–water partition coefficient (Wildman–Crippen LogP) is 4.20. The van der Waals surface area contributed by atoms with E-state index in [4.69, 9.17) is 9.47 Å². The Morgan fingerprint density at radius 1 is 1.09 bits per heavy atom. The first-order valence-electron chi connectivity index (χ1n) is 10.4. The van der Waals surface area contributed by atoms with Crippen LogP contribution in [0.15, 0.2) is 54.7 Å². The van der Waals surface area contributed by atoms with Crippen molar-refractivity contribution in [3.05, 3.63) is 71.5 Å². The van der Waals surface area contributed by atoms with Crippen LogP contribution in [0.5, 0.6) is 11.5 Å².